The summed E-state index contributed by atoms with van der Waals surface area (Å²) in [6.45, 7) is 10.9. The maximum atomic E-state index is 13.3. The summed E-state index contributed by atoms with van der Waals surface area (Å²) < 4.78 is 7.48. The minimum atomic E-state index is -0.129. The van der Waals surface area contributed by atoms with Crippen LogP contribution in [0.5, 0.6) is 0 Å². The van der Waals surface area contributed by atoms with Crippen molar-refractivity contribution in [3.63, 3.8) is 0 Å². The number of carbonyl (C=O) groups excluding carboxylic acids is 2. The molecular formula is C28H37N5O3S. The lowest BCUT2D eigenvalue weighted by Gasteiger charge is -2.26. The van der Waals surface area contributed by atoms with Gasteiger partial charge in [0.1, 0.15) is 10.7 Å². The van der Waals surface area contributed by atoms with Crippen LogP contribution in [-0.2, 0) is 17.8 Å². The van der Waals surface area contributed by atoms with Gasteiger partial charge >= 0.3 is 0 Å². The fourth-order valence-corrected chi connectivity index (χ4v) is 5.27. The van der Waals surface area contributed by atoms with E-state index in [1.54, 1.807) is 0 Å². The highest BCUT2D eigenvalue weighted by Gasteiger charge is 2.19. The van der Waals surface area contributed by atoms with Crippen LogP contribution < -0.4 is 5.32 Å². The Morgan fingerprint density at radius 3 is 2.76 bits per heavy atom. The first-order valence-electron chi connectivity index (χ1n) is 13.1. The highest BCUT2D eigenvalue weighted by Crippen LogP contribution is 2.17. The van der Waals surface area contributed by atoms with Crippen LogP contribution in [0.1, 0.15) is 56.9 Å². The first kappa shape index (κ1) is 27.0. The molecule has 198 valence electrons. The highest BCUT2D eigenvalue weighted by molar-refractivity contribution is 7.09. The van der Waals surface area contributed by atoms with Gasteiger partial charge in [-0.25, -0.2) is 4.98 Å². The molecule has 8 nitrogen and oxygen atoms in total. The van der Waals surface area contributed by atoms with E-state index in [9.17, 15) is 9.59 Å². The molecule has 1 aliphatic heterocycles. The second-order valence-corrected chi connectivity index (χ2v) is 10.3. The van der Waals surface area contributed by atoms with Gasteiger partial charge in [-0.3, -0.25) is 14.5 Å². The number of aryl methyl sites for hydroxylation is 1. The molecule has 1 fully saturated rings. The molecule has 2 aromatic heterocycles. The van der Waals surface area contributed by atoms with E-state index in [1.807, 2.05) is 59.8 Å². The Morgan fingerprint density at radius 2 is 1.97 bits per heavy atom. The summed E-state index contributed by atoms with van der Waals surface area (Å²) in [5, 5.41) is 5.68. The fourth-order valence-electron chi connectivity index (χ4n) is 4.50. The SMILES string of the molecule is CCCN(Cc1cccn1Cc1nc(C(=O)NCCCN2CCOCC2)cs1)C(=O)c1ccccc1C. The molecule has 1 N–H and O–H groups in total. The van der Waals surface area contributed by atoms with Crippen molar-refractivity contribution in [2.45, 2.75) is 39.8 Å². The second kappa shape index (κ2) is 13.5. The Kier molecular flexibility index (Phi) is 9.87. The lowest BCUT2D eigenvalue weighted by molar-refractivity contribution is 0.0374. The van der Waals surface area contributed by atoms with Gasteiger partial charge in [0.05, 0.1) is 26.3 Å². The molecule has 9 heteroatoms. The molecule has 0 unspecified atom stereocenters. The Labute approximate surface area is 223 Å². The van der Waals surface area contributed by atoms with Gasteiger partial charge in [-0.1, -0.05) is 25.1 Å². The van der Waals surface area contributed by atoms with E-state index < -0.39 is 0 Å². The van der Waals surface area contributed by atoms with E-state index in [2.05, 4.69) is 26.7 Å². The predicted molar refractivity (Wildman–Crippen MR) is 146 cm³/mol. The van der Waals surface area contributed by atoms with E-state index in [4.69, 9.17) is 4.74 Å². The number of amides is 2. The minimum Gasteiger partial charge on any atom is -0.379 e. The summed E-state index contributed by atoms with van der Waals surface area (Å²) in [7, 11) is 0. The lowest BCUT2D eigenvalue weighted by Crippen LogP contribution is -2.38. The third kappa shape index (κ3) is 7.50. The monoisotopic (exact) mass is 523 g/mol. The highest BCUT2D eigenvalue weighted by atomic mass is 32.1. The maximum absolute atomic E-state index is 13.3. The zero-order valence-electron chi connectivity index (χ0n) is 21.8. The topological polar surface area (TPSA) is 79.7 Å². The van der Waals surface area contributed by atoms with Crippen molar-refractivity contribution in [2.24, 2.45) is 0 Å². The van der Waals surface area contributed by atoms with Crippen molar-refractivity contribution in [3.8, 4) is 0 Å². The average Bonchev–Trinajstić information content (AvgIpc) is 3.57. The summed E-state index contributed by atoms with van der Waals surface area (Å²) in [4.78, 5) is 34.7. The quantitative estimate of drug-likeness (QED) is 0.365. The number of rotatable bonds is 12. The first-order chi connectivity index (χ1) is 18.0. The molecule has 2 amide bonds. The third-order valence-corrected chi connectivity index (χ3v) is 7.40. The molecule has 0 atom stereocenters. The number of benzene rings is 1. The minimum absolute atomic E-state index is 0.0505. The number of nitrogens with zero attached hydrogens (tertiary/aromatic N) is 4. The molecule has 4 rings (SSSR count). The van der Waals surface area contributed by atoms with Crippen LogP contribution in [0.15, 0.2) is 48.0 Å². The number of hydrogen-bond acceptors (Lipinski definition) is 6. The van der Waals surface area contributed by atoms with Crippen LogP contribution in [0.3, 0.4) is 0 Å². The number of hydrogen-bond donors (Lipinski definition) is 1. The number of nitrogens with one attached hydrogen (secondary N) is 1. The Balaban J connectivity index is 1.32. The van der Waals surface area contributed by atoms with Crippen molar-refractivity contribution in [1.82, 2.24) is 24.7 Å². The van der Waals surface area contributed by atoms with Gasteiger partial charge in [0.25, 0.3) is 11.8 Å². The molecule has 1 saturated heterocycles. The van der Waals surface area contributed by atoms with E-state index in [0.717, 1.165) is 67.5 Å². The smallest absolute Gasteiger partial charge is 0.270 e. The van der Waals surface area contributed by atoms with Gasteiger partial charge in [0.2, 0.25) is 0 Å². The molecule has 0 bridgehead atoms. The third-order valence-electron chi connectivity index (χ3n) is 6.56. The maximum Gasteiger partial charge on any atom is 0.270 e. The lowest BCUT2D eigenvalue weighted by atomic mass is 10.1. The molecular weight excluding hydrogens is 486 g/mol. The van der Waals surface area contributed by atoms with Crippen molar-refractivity contribution >= 4 is 23.2 Å². The Morgan fingerprint density at radius 1 is 1.16 bits per heavy atom. The van der Waals surface area contributed by atoms with Gasteiger partial charge < -0.3 is 19.5 Å². The molecule has 0 saturated carbocycles. The summed E-state index contributed by atoms with van der Waals surface area (Å²) in [5.41, 5.74) is 3.23. The Hall–Kier alpha value is -3.01. The van der Waals surface area contributed by atoms with Crippen molar-refractivity contribution in [3.05, 3.63) is 75.5 Å². The van der Waals surface area contributed by atoms with Crippen LogP contribution in [0.25, 0.3) is 0 Å². The predicted octanol–water partition coefficient (Wildman–Crippen LogP) is 3.81. The standard InChI is InChI=1S/C28H37N5O3S/c1-3-12-33(28(35)24-10-5-4-8-22(24)2)19-23-9-6-14-32(23)20-26-30-25(21-37-26)27(34)29-11-7-13-31-15-17-36-18-16-31/h4-6,8-10,14,21H,3,7,11-13,15-20H2,1-2H3,(H,29,34). The molecule has 3 heterocycles. The number of thiazole rings is 1. The second-order valence-electron chi connectivity index (χ2n) is 9.36. The summed E-state index contributed by atoms with van der Waals surface area (Å²) in [6, 6.07) is 11.8. The van der Waals surface area contributed by atoms with Gasteiger partial charge in [-0.2, -0.15) is 0 Å². The number of morpholine rings is 1. The van der Waals surface area contributed by atoms with Crippen molar-refractivity contribution in [1.29, 1.82) is 0 Å². The zero-order chi connectivity index (χ0) is 26.0. The van der Waals surface area contributed by atoms with E-state index in [-0.39, 0.29) is 11.8 Å². The van der Waals surface area contributed by atoms with Gasteiger partial charge in [-0.05, 0) is 50.1 Å². The van der Waals surface area contributed by atoms with Gasteiger partial charge in [0.15, 0.2) is 0 Å². The van der Waals surface area contributed by atoms with Gasteiger partial charge in [-0.15, -0.1) is 11.3 Å². The fraction of sp³-hybridized carbons (Fsp3) is 0.464. The number of ether oxygens (including phenoxy) is 1. The number of aromatic nitrogens is 2. The first-order valence-corrected chi connectivity index (χ1v) is 13.9. The van der Waals surface area contributed by atoms with Crippen molar-refractivity contribution in [2.75, 3.05) is 45.9 Å². The normalized spacial score (nSPS) is 14.0. The summed E-state index contributed by atoms with van der Waals surface area (Å²) >= 11 is 1.49. The zero-order valence-corrected chi connectivity index (χ0v) is 22.6. The molecule has 0 aliphatic carbocycles. The van der Waals surface area contributed by atoms with E-state index in [1.165, 1.54) is 11.3 Å². The largest absolute Gasteiger partial charge is 0.379 e. The van der Waals surface area contributed by atoms with E-state index >= 15 is 0 Å². The van der Waals surface area contributed by atoms with Crippen LogP contribution in [0.4, 0.5) is 0 Å². The summed E-state index contributed by atoms with van der Waals surface area (Å²) in [5.74, 6) is -0.0790. The van der Waals surface area contributed by atoms with Gasteiger partial charge in [0, 0.05) is 49.0 Å². The molecule has 3 aromatic rings. The molecule has 1 aliphatic rings. The van der Waals surface area contributed by atoms with E-state index in [0.29, 0.717) is 31.9 Å². The summed E-state index contributed by atoms with van der Waals surface area (Å²) in [6.07, 6.45) is 3.80. The van der Waals surface area contributed by atoms with Crippen LogP contribution in [-0.4, -0.2) is 77.1 Å². The van der Waals surface area contributed by atoms with Crippen molar-refractivity contribution < 1.29 is 14.3 Å². The molecule has 0 radical (unpaired) electrons. The Bertz CT molecular complexity index is 1170. The molecule has 1 aromatic carbocycles. The van der Waals surface area contributed by atoms with Crippen LogP contribution in [0, 0.1) is 6.92 Å². The molecule has 0 spiro atoms. The molecule has 37 heavy (non-hydrogen) atoms. The average molecular weight is 524 g/mol. The van der Waals surface area contributed by atoms with Crippen LogP contribution in [0.2, 0.25) is 0 Å². The number of carbonyl (C=O) groups is 2. The van der Waals surface area contributed by atoms with Crippen LogP contribution >= 0.6 is 11.3 Å².